The van der Waals surface area contributed by atoms with Gasteiger partial charge in [0, 0.05) is 17.9 Å². The van der Waals surface area contributed by atoms with Crippen LogP contribution in [-0.2, 0) is 24.0 Å². The molecule has 12 nitrogen and oxygen atoms in total. The number of nitrogens with one attached hydrogen (secondary N) is 1. The molecule has 2 saturated heterocycles. The van der Waals surface area contributed by atoms with E-state index in [-0.39, 0.29) is 29.3 Å². The molecule has 3 rings (SSSR count). The molecule has 2 fully saturated rings. The number of nitrogens with zero attached hydrogens (tertiary/aromatic N) is 2. The number of primary amides is 1. The number of amides is 3. The summed E-state index contributed by atoms with van der Waals surface area (Å²) in [7, 11) is 1.25. The number of oxime groups is 1. The number of hydrogen-bond donors (Lipinski definition) is 4. The minimum Gasteiger partial charge on any atom is -0.508 e. The summed E-state index contributed by atoms with van der Waals surface area (Å²) in [6.45, 7) is -0.662. The number of phenolic OH excluding ortho intramolecular Hbond substituents is 1. The van der Waals surface area contributed by atoms with E-state index in [2.05, 4.69) is 15.2 Å². The molecule has 3 amide bonds. The highest BCUT2D eigenvalue weighted by atomic mass is 32.2. The molecule has 0 aromatic heterocycles. The summed E-state index contributed by atoms with van der Waals surface area (Å²) in [5.74, 6) is -2.44. The maximum Gasteiger partial charge on any atom is 0.404 e. The molecule has 0 spiro atoms. The van der Waals surface area contributed by atoms with Gasteiger partial charge in [-0.15, -0.1) is 11.8 Å². The molecule has 13 heteroatoms. The highest BCUT2D eigenvalue weighted by Gasteiger charge is 2.58. The van der Waals surface area contributed by atoms with Gasteiger partial charge in [-0.1, -0.05) is 17.3 Å². The normalized spacial score (nSPS) is 25.1. The number of carbonyl (C=O) groups is 4. The lowest BCUT2D eigenvalue weighted by atomic mass is 9.88. The lowest BCUT2D eigenvalue weighted by Crippen LogP contribution is -2.74. The molecule has 166 valence electrons. The first kappa shape index (κ1) is 22.2. The fourth-order valence-corrected chi connectivity index (χ4v) is 4.82. The maximum atomic E-state index is 12.7. The maximum absolute atomic E-state index is 12.7. The van der Waals surface area contributed by atoms with Gasteiger partial charge in [0.25, 0.3) is 5.91 Å². The zero-order valence-electron chi connectivity index (χ0n) is 16.3. The number of carbonyl (C=O) groups excluding carboxylic acids is 3. The second-order valence-corrected chi connectivity index (χ2v) is 8.09. The van der Waals surface area contributed by atoms with Gasteiger partial charge in [-0.25, -0.2) is 4.79 Å². The van der Waals surface area contributed by atoms with Gasteiger partial charge in [-0.3, -0.25) is 14.4 Å². The molecule has 2 aliphatic heterocycles. The van der Waals surface area contributed by atoms with E-state index in [9.17, 15) is 29.4 Å². The summed E-state index contributed by atoms with van der Waals surface area (Å²) in [4.78, 5) is 54.0. The lowest BCUT2D eigenvalue weighted by molar-refractivity contribution is -0.160. The van der Waals surface area contributed by atoms with Gasteiger partial charge in [-0.05, 0) is 12.1 Å². The number of rotatable bonds is 7. The Morgan fingerprint density at radius 2 is 2.16 bits per heavy atom. The highest BCUT2D eigenvalue weighted by molar-refractivity contribution is 8.00. The van der Waals surface area contributed by atoms with E-state index in [1.807, 2.05) is 0 Å². The third-order valence-electron chi connectivity index (χ3n) is 4.89. The Hall–Kier alpha value is -3.48. The molecular formula is C18H20N4O8S. The fourth-order valence-electron chi connectivity index (χ4n) is 3.29. The number of nitrogens with two attached hydrogens (primary N) is 1. The summed E-state index contributed by atoms with van der Waals surface area (Å²) in [5.41, 5.74) is 3.58. The number of β-lactam (4-membered cyclic amide) rings is 1. The molecule has 1 aromatic carbocycles. The number of carboxylic acids is 1. The van der Waals surface area contributed by atoms with E-state index in [1.54, 1.807) is 6.07 Å². The van der Waals surface area contributed by atoms with Crippen molar-refractivity contribution in [2.24, 2.45) is 16.3 Å². The van der Waals surface area contributed by atoms with Crippen molar-refractivity contribution in [1.82, 2.24) is 10.2 Å². The monoisotopic (exact) mass is 452 g/mol. The number of aromatic hydroxyl groups is 1. The van der Waals surface area contributed by atoms with Crippen molar-refractivity contribution in [2.45, 2.75) is 11.4 Å². The third-order valence-corrected chi connectivity index (χ3v) is 6.48. The van der Waals surface area contributed by atoms with Crippen LogP contribution in [0.1, 0.15) is 5.56 Å². The largest absolute Gasteiger partial charge is 0.508 e. The molecule has 3 atom stereocenters. The minimum absolute atomic E-state index is 0.0437. The molecule has 0 radical (unpaired) electrons. The van der Waals surface area contributed by atoms with Crippen molar-refractivity contribution in [3.05, 3.63) is 29.8 Å². The van der Waals surface area contributed by atoms with Crippen LogP contribution in [0.25, 0.3) is 0 Å². The van der Waals surface area contributed by atoms with Crippen LogP contribution in [0.15, 0.2) is 29.4 Å². The number of benzene rings is 1. The number of aliphatic carboxylic acids is 1. The average Bonchev–Trinajstić information content (AvgIpc) is 2.73. The van der Waals surface area contributed by atoms with Gasteiger partial charge in [-0.2, -0.15) is 0 Å². The molecule has 5 N–H and O–H groups in total. The first-order valence-corrected chi connectivity index (χ1v) is 10.0. The number of thioether (sulfide) groups is 1. The topological polar surface area (TPSA) is 181 Å². The second-order valence-electron chi connectivity index (χ2n) is 6.98. The molecule has 1 aromatic rings. The molecule has 31 heavy (non-hydrogen) atoms. The Morgan fingerprint density at radius 1 is 1.42 bits per heavy atom. The summed E-state index contributed by atoms with van der Waals surface area (Å²) in [6.07, 6.45) is -1.11. The molecule has 0 bridgehead atoms. The Labute approximate surface area is 180 Å². The zero-order valence-corrected chi connectivity index (χ0v) is 17.1. The number of phenols is 1. The van der Waals surface area contributed by atoms with Crippen molar-refractivity contribution < 1.29 is 39.0 Å². The Bertz CT molecular complexity index is 954. The van der Waals surface area contributed by atoms with Crippen LogP contribution in [-0.4, -0.2) is 82.1 Å². The van der Waals surface area contributed by atoms with Gasteiger partial charge in [0.15, 0.2) is 5.71 Å². The quantitative estimate of drug-likeness (QED) is 0.236. The predicted molar refractivity (Wildman–Crippen MR) is 107 cm³/mol. The first-order chi connectivity index (χ1) is 14.7. The highest BCUT2D eigenvalue weighted by Crippen LogP contribution is 2.42. The summed E-state index contributed by atoms with van der Waals surface area (Å²) < 4.78 is 4.68. The standard InChI is InChI=1S/C18H20N4O8S/c1-29-21-11(9-3-2-4-10(23)5-9)13(24)20-12-14(25)22-6-18(16(26)27,7-30-17(19)28)8-31-15(12)22/h2-5,12,15,23H,6-8H2,1H3,(H2,19,28)(H,20,24)(H,26,27)/t12?,15-,18?/m1/s1. The Morgan fingerprint density at radius 3 is 2.77 bits per heavy atom. The van der Waals surface area contributed by atoms with Crippen LogP contribution in [0.2, 0.25) is 0 Å². The number of fused-ring (bicyclic) bond motifs is 1. The van der Waals surface area contributed by atoms with Gasteiger partial charge in [0.2, 0.25) is 5.91 Å². The fraction of sp³-hybridized carbons (Fsp3) is 0.389. The first-order valence-electron chi connectivity index (χ1n) is 8.97. The van der Waals surface area contributed by atoms with E-state index >= 15 is 0 Å². The summed E-state index contributed by atoms with van der Waals surface area (Å²) >= 11 is 1.14. The van der Waals surface area contributed by atoms with Crippen molar-refractivity contribution in [3.63, 3.8) is 0 Å². The zero-order chi connectivity index (χ0) is 22.8. The van der Waals surface area contributed by atoms with Crippen molar-refractivity contribution in [2.75, 3.05) is 26.0 Å². The van der Waals surface area contributed by atoms with Gasteiger partial charge in [0.1, 0.15) is 36.3 Å². The van der Waals surface area contributed by atoms with Crippen LogP contribution in [0.4, 0.5) is 4.79 Å². The average molecular weight is 452 g/mol. The molecular weight excluding hydrogens is 432 g/mol. The molecule has 0 saturated carbocycles. The molecule has 2 unspecified atom stereocenters. The van der Waals surface area contributed by atoms with Gasteiger partial charge in [0.05, 0.1) is 0 Å². The number of ether oxygens (including phenoxy) is 1. The predicted octanol–water partition coefficient (Wildman–Crippen LogP) is -0.691. The van der Waals surface area contributed by atoms with Crippen molar-refractivity contribution in [1.29, 1.82) is 0 Å². The van der Waals surface area contributed by atoms with E-state index in [0.717, 1.165) is 11.8 Å². The van der Waals surface area contributed by atoms with Crippen LogP contribution < -0.4 is 11.1 Å². The number of hydrogen-bond acceptors (Lipinski definition) is 9. The van der Waals surface area contributed by atoms with Crippen molar-refractivity contribution in [3.8, 4) is 5.75 Å². The SMILES string of the molecule is CON=C(C(=O)NC1C(=O)N2CC(COC(N)=O)(C(=O)O)CS[C@H]12)c1cccc(O)c1. The van der Waals surface area contributed by atoms with E-state index in [1.165, 1.54) is 30.2 Å². The van der Waals surface area contributed by atoms with Crippen LogP contribution in [0.5, 0.6) is 5.75 Å². The van der Waals surface area contributed by atoms with Crippen LogP contribution >= 0.6 is 11.8 Å². The Balaban J connectivity index is 1.71. The second kappa shape index (κ2) is 8.71. The van der Waals surface area contributed by atoms with Gasteiger partial charge >= 0.3 is 12.1 Å². The Kier molecular flexibility index (Phi) is 6.24. The minimum atomic E-state index is -1.49. The van der Waals surface area contributed by atoms with Gasteiger partial charge < -0.3 is 35.7 Å². The van der Waals surface area contributed by atoms with Crippen molar-refractivity contribution >= 4 is 41.4 Å². The van der Waals surface area contributed by atoms with E-state index < -0.39 is 47.3 Å². The van der Waals surface area contributed by atoms with Crippen LogP contribution in [0, 0.1) is 5.41 Å². The summed E-state index contributed by atoms with van der Waals surface area (Å²) in [6, 6.07) is 4.91. The van der Waals surface area contributed by atoms with Crippen LogP contribution in [0.3, 0.4) is 0 Å². The lowest BCUT2D eigenvalue weighted by Gasteiger charge is -2.53. The molecule has 2 heterocycles. The molecule has 0 aliphatic carbocycles. The third kappa shape index (κ3) is 4.35. The smallest absolute Gasteiger partial charge is 0.404 e. The molecule has 2 aliphatic rings. The van der Waals surface area contributed by atoms with E-state index in [0.29, 0.717) is 0 Å². The summed E-state index contributed by atoms with van der Waals surface area (Å²) in [5, 5.41) is 25.0. The number of carboxylic acid groups (broad SMARTS) is 1. The van der Waals surface area contributed by atoms with E-state index in [4.69, 9.17) is 10.6 Å².